The van der Waals surface area contributed by atoms with Gasteiger partial charge in [-0.1, -0.05) is 210 Å². The fourth-order valence-electron chi connectivity index (χ4n) is 5.95. The van der Waals surface area contributed by atoms with Crippen molar-refractivity contribution in [1.82, 2.24) is 0 Å². The summed E-state index contributed by atoms with van der Waals surface area (Å²) in [6, 6.07) is 0. The molecule has 0 aliphatic heterocycles. The van der Waals surface area contributed by atoms with Crippen LogP contribution in [0.1, 0.15) is 199 Å². The highest BCUT2D eigenvalue weighted by Gasteiger charge is 1.97. The van der Waals surface area contributed by atoms with Crippen molar-refractivity contribution >= 4 is 11.8 Å². The van der Waals surface area contributed by atoms with E-state index in [1.807, 2.05) is 12.2 Å². The van der Waals surface area contributed by atoms with Gasteiger partial charge in [0.05, 0.1) is 0 Å². The maximum Gasteiger partial charge on any atom is 0.241 e. The molecule has 0 radical (unpaired) electrons. The number of allylic oxidation sites excluding steroid dienone is 6. The molecule has 0 spiro atoms. The highest BCUT2D eigenvalue weighted by atomic mass is 16.1. The van der Waals surface area contributed by atoms with E-state index in [0.29, 0.717) is 0 Å². The van der Waals surface area contributed by atoms with Crippen LogP contribution in [0.4, 0.5) is 0 Å². The van der Waals surface area contributed by atoms with Crippen LogP contribution in [0.25, 0.3) is 0 Å². The highest BCUT2D eigenvalue weighted by molar-refractivity contribution is 5.86. The molecule has 0 aromatic heterocycles. The Morgan fingerprint density at radius 3 is 0.644 bits per heavy atom. The van der Waals surface area contributed by atoms with E-state index in [9.17, 15) is 9.59 Å². The minimum atomic E-state index is -0.384. The van der Waals surface area contributed by atoms with Gasteiger partial charge in [-0.25, -0.2) is 0 Å². The van der Waals surface area contributed by atoms with Crippen LogP contribution in [0.5, 0.6) is 0 Å². The first-order chi connectivity index (χ1) is 22.1. The van der Waals surface area contributed by atoms with Crippen LogP contribution in [0.2, 0.25) is 0 Å². The van der Waals surface area contributed by atoms with E-state index in [2.05, 4.69) is 12.2 Å². The van der Waals surface area contributed by atoms with E-state index in [-0.39, 0.29) is 11.8 Å². The lowest BCUT2D eigenvalue weighted by atomic mass is 10.0. The summed E-state index contributed by atoms with van der Waals surface area (Å²) in [4.78, 5) is 21.2. The van der Waals surface area contributed by atoms with Crippen molar-refractivity contribution in [2.45, 2.75) is 199 Å². The number of hydrogen-bond donors (Lipinski definition) is 2. The van der Waals surface area contributed by atoms with E-state index in [4.69, 9.17) is 11.5 Å². The summed E-state index contributed by atoms with van der Waals surface area (Å²) >= 11 is 0. The molecule has 0 unspecified atom stereocenters. The number of rotatable bonds is 36. The summed E-state index contributed by atoms with van der Waals surface area (Å²) in [5.41, 5.74) is 10.1. The van der Waals surface area contributed by atoms with Crippen LogP contribution in [-0.2, 0) is 9.59 Å². The van der Waals surface area contributed by atoms with Gasteiger partial charge in [0.2, 0.25) is 11.8 Å². The third-order valence-electron chi connectivity index (χ3n) is 8.76. The number of carbonyl (C=O) groups is 2. The third-order valence-corrected chi connectivity index (χ3v) is 8.76. The number of amides is 2. The van der Waals surface area contributed by atoms with Crippen LogP contribution in [-0.4, -0.2) is 11.8 Å². The Labute approximate surface area is 280 Å². The zero-order valence-corrected chi connectivity index (χ0v) is 29.5. The topological polar surface area (TPSA) is 86.2 Å². The largest absolute Gasteiger partial charge is 0.366 e. The minimum Gasteiger partial charge on any atom is -0.366 e. The fraction of sp³-hybridized carbons (Fsp3) is 0.756. The molecule has 4 heteroatoms. The second-order valence-electron chi connectivity index (χ2n) is 13.2. The first-order valence-corrected chi connectivity index (χ1v) is 19.4. The van der Waals surface area contributed by atoms with E-state index < -0.39 is 0 Å². The lowest BCUT2D eigenvalue weighted by Crippen LogP contribution is -2.04. The maximum absolute atomic E-state index is 10.6. The standard InChI is InChI=1S/C41H74N2O2/c42-40(44)38-36-34-32-30-28-26-24-22-20-18-16-14-12-10-8-6-4-2-1-3-5-7-9-11-13-15-17-19-21-23-25-27-29-31-33-35-37-39-41(43)45/h32-39H,1-31H2,(H2,42,44)(H2,43,45). The maximum atomic E-state index is 10.6. The van der Waals surface area contributed by atoms with Gasteiger partial charge in [-0.3, -0.25) is 9.59 Å². The summed E-state index contributed by atoms with van der Waals surface area (Å²) in [6.45, 7) is 0. The molecule has 0 saturated carbocycles. The number of unbranched alkanes of at least 4 members (excludes halogenated alkanes) is 30. The van der Waals surface area contributed by atoms with Crippen molar-refractivity contribution < 1.29 is 9.59 Å². The van der Waals surface area contributed by atoms with E-state index in [1.165, 1.54) is 198 Å². The van der Waals surface area contributed by atoms with Crippen molar-refractivity contribution in [2.24, 2.45) is 11.5 Å². The smallest absolute Gasteiger partial charge is 0.241 e. The number of carbonyl (C=O) groups excluding carboxylic acids is 2. The Kier molecular flexibility index (Phi) is 36.3. The Bertz CT molecular complexity index is 691. The molecule has 4 nitrogen and oxygen atoms in total. The average molecular weight is 627 g/mol. The molecular formula is C41H74N2O2. The highest BCUT2D eigenvalue weighted by Crippen LogP contribution is 2.16. The third kappa shape index (κ3) is 41.9. The number of hydrogen-bond acceptors (Lipinski definition) is 2. The second kappa shape index (κ2) is 38.1. The van der Waals surface area contributed by atoms with Gasteiger partial charge >= 0.3 is 0 Å². The summed E-state index contributed by atoms with van der Waals surface area (Å²) in [5, 5.41) is 0. The lowest BCUT2D eigenvalue weighted by Gasteiger charge is -2.04. The summed E-state index contributed by atoms with van der Waals surface area (Å²) in [7, 11) is 0. The van der Waals surface area contributed by atoms with Crippen LogP contribution in [0.15, 0.2) is 48.6 Å². The fourth-order valence-corrected chi connectivity index (χ4v) is 5.95. The van der Waals surface area contributed by atoms with Crippen LogP contribution < -0.4 is 11.5 Å². The molecule has 0 heterocycles. The van der Waals surface area contributed by atoms with Crippen molar-refractivity contribution in [3.63, 3.8) is 0 Å². The van der Waals surface area contributed by atoms with Gasteiger partial charge in [0, 0.05) is 12.2 Å². The number of nitrogens with two attached hydrogens (primary N) is 2. The molecule has 0 aromatic carbocycles. The first-order valence-electron chi connectivity index (χ1n) is 19.4. The van der Waals surface area contributed by atoms with Crippen molar-refractivity contribution in [3.8, 4) is 0 Å². The molecule has 0 saturated heterocycles. The molecule has 0 bridgehead atoms. The molecule has 260 valence electrons. The van der Waals surface area contributed by atoms with Gasteiger partial charge in [0.1, 0.15) is 0 Å². The van der Waals surface area contributed by atoms with Gasteiger partial charge in [0.15, 0.2) is 0 Å². The van der Waals surface area contributed by atoms with Crippen molar-refractivity contribution in [2.75, 3.05) is 0 Å². The van der Waals surface area contributed by atoms with Gasteiger partial charge in [0.25, 0.3) is 0 Å². The van der Waals surface area contributed by atoms with Crippen LogP contribution in [0, 0.1) is 0 Å². The Morgan fingerprint density at radius 2 is 0.467 bits per heavy atom. The van der Waals surface area contributed by atoms with Gasteiger partial charge in [-0.15, -0.1) is 0 Å². The Balaban J connectivity index is 3.12. The van der Waals surface area contributed by atoms with Gasteiger partial charge in [-0.2, -0.15) is 0 Å². The summed E-state index contributed by atoms with van der Waals surface area (Å²) in [6.07, 6.45) is 57.3. The lowest BCUT2D eigenvalue weighted by molar-refractivity contribution is -0.114. The summed E-state index contributed by atoms with van der Waals surface area (Å²) in [5.74, 6) is -0.768. The number of primary amides is 2. The van der Waals surface area contributed by atoms with Crippen LogP contribution >= 0.6 is 0 Å². The second-order valence-corrected chi connectivity index (χ2v) is 13.2. The van der Waals surface area contributed by atoms with E-state index >= 15 is 0 Å². The van der Waals surface area contributed by atoms with Crippen molar-refractivity contribution in [1.29, 1.82) is 0 Å². The zero-order valence-electron chi connectivity index (χ0n) is 29.5. The molecule has 0 aliphatic carbocycles. The Morgan fingerprint density at radius 1 is 0.289 bits per heavy atom. The van der Waals surface area contributed by atoms with Crippen LogP contribution in [0.3, 0.4) is 0 Å². The van der Waals surface area contributed by atoms with E-state index in [1.54, 1.807) is 12.2 Å². The monoisotopic (exact) mass is 627 g/mol. The molecule has 2 amide bonds. The van der Waals surface area contributed by atoms with E-state index in [0.717, 1.165) is 12.8 Å². The molecule has 0 aliphatic rings. The predicted octanol–water partition coefficient (Wildman–Crippen LogP) is 12.3. The first kappa shape index (κ1) is 42.9. The SMILES string of the molecule is NC(=O)C=CC=CCCCCCCCCCCCCCCCCCCCCCCCCCCCCCCCC=CC=CC(N)=O. The molecule has 0 atom stereocenters. The molecule has 0 rings (SSSR count). The minimum absolute atomic E-state index is 0.384. The molecule has 45 heavy (non-hydrogen) atoms. The van der Waals surface area contributed by atoms with Gasteiger partial charge < -0.3 is 11.5 Å². The molecule has 0 aromatic rings. The van der Waals surface area contributed by atoms with Crippen molar-refractivity contribution in [3.05, 3.63) is 48.6 Å². The average Bonchev–Trinajstić information content (AvgIpc) is 3.02. The normalized spacial score (nSPS) is 12.1. The zero-order chi connectivity index (χ0) is 32.7. The molecule has 0 fully saturated rings. The van der Waals surface area contributed by atoms with Gasteiger partial charge in [-0.05, 0) is 25.7 Å². The quantitative estimate of drug-likeness (QED) is 0.0412. The molecular weight excluding hydrogens is 552 g/mol. The molecule has 4 N–H and O–H groups in total. The predicted molar refractivity (Wildman–Crippen MR) is 198 cm³/mol. The summed E-state index contributed by atoms with van der Waals surface area (Å²) < 4.78 is 0. The Hall–Kier alpha value is -2.10.